The fourth-order valence-electron chi connectivity index (χ4n) is 2.51. The van der Waals surface area contributed by atoms with E-state index in [2.05, 4.69) is 10.3 Å². The number of nitrogens with zero attached hydrogens (tertiary/aromatic N) is 1. The lowest BCUT2D eigenvalue weighted by Gasteiger charge is -2.25. The van der Waals surface area contributed by atoms with Gasteiger partial charge in [-0.2, -0.15) is 4.31 Å². The lowest BCUT2D eigenvalue weighted by molar-refractivity contribution is 0.0730. The first-order chi connectivity index (χ1) is 11.5. The predicted octanol–water partition coefficient (Wildman–Crippen LogP) is 1.60. The highest BCUT2D eigenvalue weighted by Crippen LogP contribution is 2.19. The molecule has 2 heterocycles. The number of aryl methyl sites for hydroxylation is 1. The summed E-state index contributed by atoms with van der Waals surface area (Å²) < 4.78 is 31.6. The minimum Gasteiger partial charge on any atom is -0.379 e. The number of aromatic nitrogens is 1. The first kappa shape index (κ1) is 16.7. The molecule has 128 valence electrons. The number of carbonyl (C=O) groups is 1. The molecule has 2 N–H and O–H groups in total. The summed E-state index contributed by atoms with van der Waals surface area (Å²) in [7, 11) is -3.61. The summed E-state index contributed by atoms with van der Waals surface area (Å²) in [5.74, 6) is -0.385. The van der Waals surface area contributed by atoms with Crippen LogP contribution < -0.4 is 5.32 Å². The maximum Gasteiger partial charge on any atom is 0.272 e. The number of hydrogen-bond donors (Lipinski definition) is 2. The lowest BCUT2D eigenvalue weighted by atomic mass is 10.2. The average molecular weight is 349 g/mol. The van der Waals surface area contributed by atoms with Crippen LogP contribution in [0.3, 0.4) is 0 Å². The molecule has 0 saturated carbocycles. The number of aromatic amines is 1. The van der Waals surface area contributed by atoms with Gasteiger partial charge in [-0.1, -0.05) is 12.1 Å². The molecule has 0 atom stereocenters. The molecule has 3 rings (SSSR count). The minimum atomic E-state index is -3.61. The van der Waals surface area contributed by atoms with E-state index in [-0.39, 0.29) is 16.5 Å². The van der Waals surface area contributed by atoms with Crippen molar-refractivity contribution >= 4 is 21.6 Å². The summed E-state index contributed by atoms with van der Waals surface area (Å²) >= 11 is 0. The Morgan fingerprint density at radius 3 is 2.71 bits per heavy atom. The minimum absolute atomic E-state index is 0.0822. The van der Waals surface area contributed by atoms with E-state index in [4.69, 9.17) is 4.74 Å². The molecule has 1 aromatic carbocycles. The number of nitrogens with one attached hydrogen (secondary N) is 2. The van der Waals surface area contributed by atoms with Crippen molar-refractivity contribution in [3.05, 3.63) is 47.8 Å². The number of amides is 1. The van der Waals surface area contributed by atoms with Crippen LogP contribution in [0.15, 0.2) is 41.4 Å². The smallest absolute Gasteiger partial charge is 0.272 e. The summed E-state index contributed by atoms with van der Waals surface area (Å²) in [4.78, 5) is 15.1. The van der Waals surface area contributed by atoms with Crippen molar-refractivity contribution in [2.45, 2.75) is 11.8 Å². The molecular formula is C16H19N3O4S. The molecular weight excluding hydrogens is 330 g/mol. The van der Waals surface area contributed by atoms with Gasteiger partial charge in [0.15, 0.2) is 0 Å². The Morgan fingerprint density at radius 2 is 2.00 bits per heavy atom. The van der Waals surface area contributed by atoms with Crippen LogP contribution in [-0.2, 0) is 14.8 Å². The van der Waals surface area contributed by atoms with E-state index < -0.39 is 10.0 Å². The summed E-state index contributed by atoms with van der Waals surface area (Å²) in [5, 5.41) is 2.74. The van der Waals surface area contributed by atoms with E-state index in [1.54, 1.807) is 6.07 Å². The number of benzene rings is 1. The van der Waals surface area contributed by atoms with Crippen molar-refractivity contribution in [2.24, 2.45) is 0 Å². The predicted molar refractivity (Wildman–Crippen MR) is 89.5 cm³/mol. The number of carbonyl (C=O) groups excluding carboxylic acids is 1. The zero-order valence-electron chi connectivity index (χ0n) is 13.3. The van der Waals surface area contributed by atoms with Crippen LogP contribution in [0.25, 0.3) is 0 Å². The van der Waals surface area contributed by atoms with Gasteiger partial charge in [-0.05, 0) is 30.7 Å². The van der Waals surface area contributed by atoms with Crippen LogP contribution in [0, 0.1) is 6.92 Å². The third kappa shape index (κ3) is 3.50. The molecule has 1 saturated heterocycles. The first-order valence-corrected chi connectivity index (χ1v) is 9.05. The van der Waals surface area contributed by atoms with Gasteiger partial charge in [-0.3, -0.25) is 4.79 Å². The highest BCUT2D eigenvalue weighted by atomic mass is 32.2. The van der Waals surface area contributed by atoms with E-state index in [0.717, 1.165) is 5.56 Å². The monoisotopic (exact) mass is 349 g/mol. The highest BCUT2D eigenvalue weighted by Gasteiger charge is 2.27. The maximum atomic E-state index is 12.5. The zero-order valence-corrected chi connectivity index (χ0v) is 14.1. The van der Waals surface area contributed by atoms with Crippen molar-refractivity contribution < 1.29 is 17.9 Å². The largest absolute Gasteiger partial charge is 0.379 e. The van der Waals surface area contributed by atoms with Crippen LogP contribution in [0.4, 0.5) is 5.69 Å². The van der Waals surface area contributed by atoms with Crippen molar-refractivity contribution in [1.29, 1.82) is 0 Å². The molecule has 8 heteroatoms. The number of sulfonamides is 1. The lowest BCUT2D eigenvalue weighted by Crippen LogP contribution is -2.40. The molecule has 2 aromatic rings. The third-order valence-corrected chi connectivity index (χ3v) is 5.66. The Bertz CT molecular complexity index is 839. The molecule has 7 nitrogen and oxygen atoms in total. The molecule has 0 bridgehead atoms. The Kier molecular flexibility index (Phi) is 4.70. The van der Waals surface area contributed by atoms with Gasteiger partial charge >= 0.3 is 0 Å². The van der Waals surface area contributed by atoms with Gasteiger partial charge in [0.1, 0.15) is 10.6 Å². The van der Waals surface area contributed by atoms with Gasteiger partial charge in [-0.15, -0.1) is 0 Å². The van der Waals surface area contributed by atoms with Gasteiger partial charge in [0.25, 0.3) is 5.91 Å². The molecule has 1 fully saturated rings. The molecule has 0 unspecified atom stereocenters. The van der Waals surface area contributed by atoms with Crippen molar-refractivity contribution in [2.75, 3.05) is 31.6 Å². The fourth-order valence-corrected chi connectivity index (χ4v) is 3.91. The van der Waals surface area contributed by atoms with Gasteiger partial charge < -0.3 is 15.0 Å². The van der Waals surface area contributed by atoms with Crippen LogP contribution in [0.5, 0.6) is 0 Å². The maximum absolute atomic E-state index is 12.5. The number of hydrogen-bond acceptors (Lipinski definition) is 4. The number of rotatable bonds is 4. The Balaban J connectivity index is 1.76. The standard InChI is InChI=1S/C16H19N3O4S/c1-12-3-2-4-13(9-12)18-16(20)15-10-14(11-17-15)24(21,22)19-5-7-23-8-6-19/h2-4,9-11,17H,5-8H2,1H3,(H,18,20). The fraction of sp³-hybridized carbons (Fsp3) is 0.312. The van der Waals surface area contributed by atoms with E-state index in [9.17, 15) is 13.2 Å². The number of ether oxygens (including phenoxy) is 1. The molecule has 1 amide bonds. The molecule has 1 aliphatic heterocycles. The molecule has 24 heavy (non-hydrogen) atoms. The summed E-state index contributed by atoms with van der Waals surface area (Å²) in [6.07, 6.45) is 1.34. The number of H-pyrrole nitrogens is 1. The van der Waals surface area contributed by atoms with Crippen LogP contribution in [-0.4, -0.2) is 49.9 Å². The van der Waals surface area contributed by atoms with Crippen LogP contribution in [0.1, 0.15) is 16.1 Å². The van der Waals surface area contributed by atoms with Crippen molar-refractivity contribution in [3.63, 3.8) is 0 Å². The zero-order chi connectivity index (χ0) is 17.2. The Morgan fingerprint density at radius 1 is 1.25 bits per heavy atom. The normalized spacial score (nSPS) is 16.0. The summed E-state index contributed by atoms with van der Waals surface area (Å²) in [6.45, 7) is 3.32. The van der Waals surface area contributed by atoms with E-state index in [1.807, 2.05) is 25.1 Å². The molecule has 0 radical (unpaired) electrons. The quantitative estimate of drug-likeness (QED) is 0.877. The second-order valence-electron chi connectivity index (χ2n) is 5.59. The Hall–Kier alpha value is -2.16. The SMILES string of the molecule is Cc1cccc(NC(=O)c2cc(S(=O)(=O)N3CCOCC3)c[nH]2)c1. The highest BCUT2D eigenvalue weighted by molar-refractivity contribution is 7.89. The number of anilines is 1. The van der Waals surface area contributed by atoms with E-state index in [0.29, 0.717) is 32.0 Å². The third-order valence-electron chi connectivity index (χ3n) is 3.78. The van der Waals surface area contributed by atoms with Crippen molar-refractivity contribution in [1.82, 2.24) is 9.29 Å². The van der Waals surface area contributed by atoms with E-state index in [1.165, 1.54) is 16.6 Å². The molecule has 1 aromatic heterocycles. The summed E-state index contributed by atoms with van der Waals surface area (Å²) in [5.41, 5.74) is 1.88. The Labute approximate surface area is 140 Å². The molecule has 1 aliphatic rings. The second kappa shape index (κ2) is 6.76. The molecule has 0 spiro atoms. The van der Waals surface area contributed by atoms with Crippen LogP contribution >= 0.6 is 0 Å². The van der Waals surface area contributed by atoms with E-state index >= 15 is 0 Å². The second-order valence-corrected chi connectivity index (χ2v) is 7.53. The molecule has 0 aliphatic carbocycles. The topological polar surface area (TPSA) is 91.5 Å². The summed E-state index contributed by atoms with van der Waals surface area (Å²) in [6, 6.07) is 8.74. The number of morpholine rings is 1. The van der Waals surface area contributed by atoms with Gasteiger partial charge in [0.05, 0.1) is 13.2 Å². The van der Waals surface area contributed by atoms with Gasteiger partial charge in [0, 0.05) is 25.0 Å². The van der Waals surface area contributed by atoms with Crippen LogP contribution in [0.2, 0.25) is 0 Å². The first-order valence-electron chi connectivity index (χ1n) is 7.61. The van der Waals surface area contributed by atoms with Crippen molar-refractivity contribution in [3.8, 4) is 0 Å². The van der Waals surface area contributed by atoms with Gasteiger partial charge in [0.2, 0.25) is 10.0 Å². The van der Waals surface area contributed by atoms with Gasteiger partial charge in [-0.25, -0.2) is 8.42 Å². The average Bonchev–Trinajstić information content (AvgIpc) is 3.07.